The van der Waals surface area contributed by atoms with E-state index in [1.54, 1.807) is 0 Å². The lowest BCUT2D eigenvalue weighted by molar-refractivity contribution is 0.579. The van der Waals surface area contributed by atoms with E-state index in [0.717, 1.165) is 0 Å². The van der Waals surface area contributed by atoms with Gasteiger partial charge in [-0.3, -0.25) is 0 Å². The highest BCUT2D eigenvalue weighted by atomic mass is 32.2. The molecule has 0 amide bonds. The second kappa shape index (κ2) is 2.39. The summed E-state index contributed by atoms with van der Waals surface area (Å²) in [5, 5.41) is -0.116. The molecule has 0 unspecified atom stereocenters. The van der Waals surface area contributed by atoms with Crippen molar-refractivity contribution in [3.8, 4) is 0 Å². The summed E-state index contributed by atoms with van der Waals surface area (Å²) in [5.74, 6) is 0. The molecule has 5 nitrogen and oxygen atoms in total. The minimum Gasteiger partial charge on any atom is -0.334 e. The Labute approximate surface area is 58.5 Å². The Balaban J connectivity index is 3.09. The van der Waals surface area contributed by atoms with Crippen molar-refractivity contribution in [2.24, 2.45) is 0 Å². The molecule has 1 aromatic rings. The van der Waals surface area contributed by atoms with Crippen LogP contribution >= 0.6 is 0 Å². The van der Waals surface area contributed by atoms with Gasteiger partial charge in [0.25, 0.3) is 10.0 Å². The third-order valence-electron chi connectivity index (χ3n) is 0.958. The smallest absolute Gasteiger partial charge is 0.290 e. The van der Waals surface area contributed by atoms with Crippen molar-refractivity contribution in [3.63, 3.8) is 0 Å². The van der Waals surface area contributed by atoms with E-state index in [4.69, 9.17) is 0 Å². The van der Waals surface area contributed by atoms with Crippen LogP contribution in [0.4, 0.5) is 0 Å². The van der Waals surface area contributed by atoms with Crippen LogP contribution in [0.15, 0.2) is 17.6 Å². The summed E-state index contributed by atoms with van der Waals surface area (Å²) >= 11 is 0. The first kappa shape index (κ1) is 7.23. The Morgan fingerprint density at radius 3 is 2.80 bits per heavy atom. The van der Waals surface area contributed by atoms with Crippen molar-refractivity contribution in [1.82, 2.24) is 14.7 Å². The van der Waals surface area contributed by atoms with E-state index in [2.05, 4.69) is 14.7 Å². The van der Waals surface area contributed by atoms with Crippen LogP contribution in [-0.4, -0.2) is 25.4 Å². The summed E-state index contributed by atoms with van der Waals surface area (Å²) in [6, 6.07) is 0. The van der Waals surface area contributed by atoms with Crippen LogP contribution < -0.4 is 4.72 Å². The number of nitrogens with zero attached hydrogens (tertiary/aromatic N) is 2. The molecule has 55 valence electrons. The largest absolute Gasteiger partial charge is 0.334 e. The molecule has 0 aromatic carbocycles. The number of hydrogen-bond acceptors (Lipinski definition) is 3. The normalized spacial score (nSPS) is 11.7. The fourth-order valence-corrected chi connectivity index (χ4v) is 1.06. The summed E-state index contributed by atoms with van der Waals surface area (Å²) in [6.45, 7) is 0. The molecule has 1 rings (SSSR count). The molecule has 10 heavy (non-hydrogen) atoms. The Morgan fingerprint density at radius 2 is 2.40 bits per heavy atom. The average molecular weight is 160 g/mol. The van der Waals surface area contributed by atoms with Gasteiger partial charge in [0.15, 0.2) is 0 Å². The van der Waals surface area contributed by atoms with Crippen LogP contribution in [0.3, 0.4) is 0 Å². The van der Waals surface area contributed by atoms with Gasteiger partial charge in [-0.15, -0.1) is 4.72 Å². The van der Waals surface area contributed by atoms with Gasteiger partial charge >= 0.3 is 0 Å². The van der Waals surface area contributed by atoms with Gasteiger partial charge in [0, 0.05) is 19.4 Å². The minimum absolute atomic E-state index is 0.116. The van der Waals surface area contributed by atoms with E-state index in [1.807, 2.05) is 0 Å². The first-order valence-corrected chi connectivity index (χ1v) is 3.96. The summed E-state index contributed by atoms with van der Waals surface area (Å²) in [6.07, 6.45) is 2.79. The summed E-state index contributed by atoms with van der Waals surface area (Å²) in [5.41, 5.74) is 0. The zero-order chi connectivity index (χ0) is 7.61. The van der Waals surface area contributed by atoms with Crippen LogP contribution in [0, 0.1) is 0 Å². The molecule has 1 aromatic heterocycles. The van der Waals surface area contributed by atoms with Gasteiger partial charge < -0.3 is 4.98 Å². The van der Waals surface area contributed by atoms with Gasteiger partial charge in [0.1, 0.15) is 0 Å². The fraction of sp³-hybridized carbons (Fsp3) is 0.250. The number of sulfonamides is 1. The molecule has 1 heterocycles. The summed E-state index contributed by atoms with van der Waals surface area (Å²) in [7, 11) is -2.29. The molecule has 0 spiro atoms. The zero-order valence-electron chi connectivity index (χ0n) is 5.27. The van der Waals surface area contributed by atoms with Gasteiger partial charge in [-0.25, -0.2) is 13.4 Å². The number of H-pyrrole nitrogens is 1. The highest BCUT2D eigenvalue weighted by Crippen LogP contribution is 1.98. The summed E-state index contributed by atoms with van der Waals surface area (Å²) < 4.78 is 24.7. The molecule has 0 aliphatic heterocycles. The highest BCUT2D eigenvalue weighted by Gasteiger charge is 2.13. The molecular formula is C4H6N3O2S. The van der Waals surface area contributed by atoms with E-state index >= 15 is 0 Å². The van der Waals surface area contributed by atoms with Crippen LogP contribution in [0.2, 0.25) is 0 Å². The van der Waals surface area contributed by atoms with Gasteiger partial charge in [-0.2, -0.15) is 0 Å². The molecule has 0 saturated carbocycles. The maximum absolute atomic E-state index is 10.8. The lowest BCUT2D eigenvalue weighted by Gasteiger charge is -1.91. The molecule has 0 bridgehead atoms. The number of rotatable bonds is 2. The third-order valence-corrected chi connectivity index (χ3v) is 2.15. The number of imidazole rings is 1. The Kier molecular flexibility index (Phi) is 1.73. The SMILES string of the molecule is C[N]S(=O)(=O)c1ncc[nH]1. The van der Waals surface area contributed by atoms with E-state index in [0.29, 0.717) is 0 Å². The number of nitrogens with one attached hydrogen (secondary N) is 1. The maximum Gasteiger partial charge on any atom is 0.290 e. The van der Waals surface area contributed by atoms with Crippen molar-refractivity contribution < 1.29 is 8.42 Å². The van der Waals surface area contributed by atoms with E-state index in [9.17, 15) is 8.42 Å². The minimum atomic E-state index is -3.50. The van der Waals surface area contributed by atoms with E-state index in [1.165, 1.54) is 19.4 Å². The quantitative estimate of drug-likeness (QED) is 0.623. The summed E-state index contributed by atoms with van der Waals surface area (Å²) in [4.78, 5) is 5.96. The highest BCUT2D eigenvalue weighted by molar-refractivity contribution is 7.89. The average Bonchev–Trinajstić information content (AvgIpc) is 2.38. The second-order valence-corrected chi connectivity index (χ2v) is 3.25. The Hall–Kier alpha value is -0.880. The molecule has 6 heteroatoms. The molecule has 1 N–H and O–H groups in total. The fourth-order valence-electron chi connectivity index (χ4n) is 0.478. The monoisotopic (exact) mass is 160 g/mol. The van der Waals surface area contributed by atoms with Crippen molar-refractivity contribution in [1.29, 1.82) is 0 Å². The van der Waals surface area contributed by atoms with Crippen molar-refractivity contribution >= 4 is 10.0 Å². The first-order valence-electron chi connectivity index (χ1n) is 2.52. The molecule has 0 atom stereocenters. The van der Waals surface area contributed by atoms with Crippen LogP contribution in [0.1, 0.15) is 0 Å². The van der Waals surface area contributed by atoms with E-state index < -0.39 is 10.0 Å². The molecule has 0 saturated heterocycles. The Bertz CT molecular complexity index is 288. The van der Waals surface area contributed by atoms with Crippen LogP contribution in [0.5, 0.6) is 0 Å². The standard InChI is InChI=1S/C4H6N3O2S/c1-5-10(8,9)4-6-2-3-7-4/h2-3H,1H3,(H,6,7). The van der Waals surface area contributed by atoms with Crippen LogP contribution in [0.25, 0.3) is 0 Å². The zero-order valence-corrected chi connectivity index (χ0v) is 6.09. The third kappa shape index (κ3) is 1.17. The molecule has 0 aliphatic carbocycles. The molecular weight excluding hydrogens is 154 g/mol. The first-order chi connectivity index (χ1) is 4.67. The Morgan fingerprint density at radius 1 is 1.70 bits per heavy atom. The topological polar surface area (TPSA) is 76.9 Å². The van der Waals surface area contributed by atoms with Gasteiger partial charge in [0.05, 0.1) is 0 Å². The van der Waals surface area contributed by atoms with Crippen LogP contribution in [-0.2, 0) is 10.0 Å². The second-order valence-electron chi connectivity index (χ2n) is 1.55. The lowest BCUT2D eigenvalue weighted by atomic mass is 11.0. The van der Waals surface area contributed by atoms with Crippen molar-refractivity contribution in [2.45, 2.75) is 5.16 Å². The predicted molar refractivity (Wildman–Crippen MR) is 33.8 cm³/mol. The van der Waals surface area contributed by atoms with Gasteiger partial charge in [-0.05, 0) is 0 Å². The van der Waals surface area contributed by atoms with Crippen molar-refractivity contribution in [3.05, 3.63) is 12.4 Å². The van der Waals surface area contributed by atoms with E-state index in [-0.39, 0.29) is 5.16 Å². The predicted octanol–water partition coefficient (Wildman–Crippen LogP) is -0.667. The lowest BCUT2D eigenvalue weighted by Crippen LogP contribution is -2.13. The molecule has 0 aliphatic rings. The maximum atomic E-state index is 10.8. The van der Waals surface area contributed by atoms with Crippen molar-refractivity contribution in [2.75, 3.05) is 7.05 Å². The number of hydrogen-bond donors (Lipinski definition) is 1. The van der Waals surface area contributed by atoms with Gasteiger partial charge in [0.2, 0.25) is 5.16 Å². The molecule has 0 fully saturated rings. The number of aromatic nitrogens is 2. The number of aromatic amines is 1. The van der Waals surface area contributed by atoms with Gasteiger partial charge in [-0.1, -0.05) is 0 Å². The molecule has 1 radical (unpaired) electrons.